The van der Waals surface area contributed by atoms with Gasteiger partial charge < -0.3 is 0 Å². The predicted molar refractivity (Wildman–Crippen MR) is 132 cm³/mol. The van der Waals surface area contributed by atoms with Crippen molar-refractivity contribution in [3.05, 3.63) is 108 Å². The third kappa shape index (κ3) is 4.02. The summed E-state index contributed by atoms with van der Waals surface area (Å²) in [6.45, 7) is 0. The Morgan fingerprint density at radius 3 is 1.22 bits per heavy atom. The van der Waals surface area contributed by atoms with Crippen LogP contribution in [-0.2, 0) is 0 Å². The molecule has 5 rings (SSSR count). The number of aromatic nitrogens is 2. The zero-order valence-electron chi connectivity index (χ0n) is 17.2. The van der Waals surface area contributed by atoms with Gasteiger partial charge in [-0.3, -0.25) is 10.9 Å². The molecule has 0 aliphatic heterocycles. The number of anilines is 2. The highest BCUT2D eigenvalue weighted by atomic mass is 15.3. The average Bonchev–Trinajstić information content (AvgIpc) is 2.86. The van der Waals surface area contributed by atoms with Crippen LogP contribution in [0.4, 0.5) is 11.6 Å². The fraction of sp³-hybridized carbons (Fsp3) is 0. The topological polar surface area (TPSA) is 74.6 Å². The summed E-state index contributed by atoms with van der Waals surface area (Å²) in [7, 11) is 0. The second-order valence-corrected chi connectivity index (χ2v) is 7.09. The molecule has 0 unspecified atom stereocenters. The van der Waals surface area contributed by atoms with Crippen LogP contribution in [0.3, 0.4) is 0 Å². The molecule has 0 spiro atoms. The average molecular weight is 416 g/mol. The van der Waals surface area contributed by atoms with E-state index in [1.807, 2.05) is 73.1 Å². The van der Waals surface area contributed by atoms with Gasteiger partial charge in [-0.25, -0.2) is 9.97 Å². The first-order chi connectivity index (χ1) is 15.9. The molecule has 0 amide bonds. The van der Waals surface area contributed by atoms with Gasteiger partial charge in [0.1, 0.15) is 11.6 Å². The van der Waals surface area contributed by atoms with Crippen LogP contribution < -0.4 is 10.9 Å². The lowest BCUT2D eigenvalue weighted by atomic mass is 9.92. The van der Waals surface area contributed by atoms with E-state index in [0.29, 0.717) is 11.6 Å². The molecule has 2 N–H and O–H groups in total. The first-order valence-electron chi connectivity index (χ1n) is 10.2. The van der Waals surface area contributed by atoms with Crippen molar-refractivity contribution in [3.63, 3.8) is 0 Å². The first kappa shape index (κ1) is 19.4. The molecule has 6 heteroatoms. The maximum absolute atomic E-state index is 4.45. The van der Waals surface area contributed by atoms with Gasteiger partial charge in [-0.2, -0.15) is 10.2 Å². The molecule has 0 radical (unpaired) electrons. The van der Waals surface area contributed by atoms with Gasteiger partial charge in [0.15, 0.2) is 0 Å². The van der Waals surface area contributed by atoms with E-state index in [0.717, 1.165) is 32.7 Å². The molecule has 5 aromatic rings. The predicted octanol–water partition coefficient (Wildman–Crippen LogP) is 5.68. The van der Waals surface area contributed by atoms with Crippen LogP contribution >= 0.6 is 0 Å². The minimum absolute atomic E-state index is 0.696. The molecule has 2 aromatic heterocycles. The molecule has 0 aliphatic rings. The number of rotatable bonds is 6. The van der Waals surface area contributed by atoms with Crippen LogP contribution in [0.1, 0.15) is 11.1 Å². The van der Waals surface area contributed by atoms with Crippen molar-refractivity contribution in [2.75, 3.05) is 10.9 Å². The third-order valence-corrected chi connectivity index (χ3v) is 5.09. The lowest BCUT2D eigenvalue weighted by Gasteiger charge is -2.12. The number of nitrogens with one attached hydrogen (secondary N) is 2. The monoisotopic (exact) mass is 416 g/mol. The number of hydrogen-bond acceptors (Lipinski definition) is 6. The van der Waals surface area contributed by atoms with Crippen molar-refractivity contribution < 1.29 is 0 Å². The minimum Gasteiger partial charge on any atom is -0.261 e. The summed E-state index contributed by atoms with van der Waals surface area (Å²) in [5, 5.41) is 13.3. The van der Waals surface area contributed by atoms with Gasteiger partial charge >= 0.3 is 0 Å². The molecule has 154 valence electrons. The smallest absolute Gasteiger partial charge is 0.146 e. The SMILES string of the molecule is C(=N\Nc1ccccn1)/c1c2ccccc2c(/C=N/Nc2ccccn2)c2ccccc12. The first-order valence-corrected chi connectivity index (χ1v) is 10.2. The van der Waals surface area contributed by atoms with E-state index in [1.54, 1.807) is 12.4 Å². The van der Waals surface area contributed by atoms with Crippen molar-refractivity contribution >= 4 is 45.6 Å². The Labute approximate surface area is 185 Å². The fourth-order valence-corrected chi connectivity index (χ4v) is 3.66. The van der Waals surface area contributed by atoms with Crippen LogP contribution in [0.2, 0.25) is 0 Å². The number of fused-ring (bicyclic) bond motifs is 2. The van der Waals surface area contributed by atoms with E-state index in [1.165, 1.54) is 0 Å². The fourth-order valence-electron chi connectivity index (χ4n) is 3.66. The Bertz CT molecular complexity index is 1250. The van der Waals surface area contributed by atoms with E-state index in [-0.39, 0.29) is 0 Å². The van der Waals surface area contributed by atoms with E-state index in [2.05, 4.69) is 55.3 Å². The van der Waals surface area contributed by atoms with Crippen LogP contribution in [0.25, 0.3) is 21.5 Å². The maximum Gasteiger partial charge on any atom is 0.146 e. The van der Waals surface area contributed by atoms with Crippen molar-refractivity contribution in [3.8, 4) is 0 Å². The van der Waals surface area contributed by atoms with Gasteiger partial charge in [-0.15, -0.1) is 0 Å². The number of nitrogens with zero attached hydrogens (tertiary/aromatic N) is 4. The number of benzene rings is 3. The number of pyridine rings is 2. The summed E-state index contributed by atoms with van der Waals surface area (Å²) < 4.78 is 0. The Morgan fingerprint density at radius 1 is 0.500 bits per heavy atom. The number of hydrogen-bond donors (Lipinski definition) is 2. The van der Waals surface area contributed by atoms with Gasteiger partial charge in [0, 0.05) is 23.5 Å². The zero-order valence-corrected chi connectivity index (χ0v) is 17.2. The van der Waals surface area contributed by atoms with Gasteiger partial charge in [-0.1, -0.05) is 60.7 Å². The quantitative estimate of drug-likeness (QED) is 0.212. The van der Waals surface area contributed by atoms with E-state index in [9.17, 15) is 0 Å². The van der Waals surface area contributed by atoms with Gasteiger partial charge in [-0.05, 0) is 45.8 Å². The van der Waals surface area contributed by atoms with E-state index >= 15 is 0 Å². The highest BCUT2D eigenvalue weighted by molar-refractivity contribution is 6.21. The highest BCUT2D eigenvalue weighted by Gasteiger charge is 2.11. The molecule has 0 saturated carbocycles. The van der Waals surface area contributed by atoms with E-state index < -0.39 is 0 Å². The summed E-state index contributed by atoms with van der Waals surface area (Å²) in [6.07, 6.45) is 7.17. The summed E-state index contributed by atoms with van der Waals surface area (Å²) in [4.78, 5) is 8.51. The Kier molecular flexibility index (Phi) is 5.49. The van der Waals surface area contributed by atoms with Crippen LogP contribution in [0.5, 0.6) is 0 Å². The van der Waals surface area contributed by atoms with Crippen LogP contribution in [0, 0.1) is 0 Å². The molecule has 0 saturated heterocycles. The summed E-state index contributed by atoms with van der Waals surface area (Å²) in [5.41, 5.74) is 8.08. The third-order valence-electron chi connectivity index (χ3n) is 5.09. The van der Waals surface area contributed by atoms with Crippen molar-refractivity contribution in [2.24, 2.45) is 10.2 Å². The molecule has 0 aliphatic carbocycles. The van der Waals surface area contributed by atoms with Crippen molar-refractivity contribution in [2.45, 2.75) is 0 Å². The summed E-state index contributed by atoms with van der Waals surface area (Å²) >= 11 is 0. The molecule has 32 heavy (non-hydrogen) atoms. The molecular formula is C26H20N6. The largest absolute Gasteiger partial charge is 0.261 e. The van der Waals surface area contributed by atoms with Crippen molar-refractivity contribution in [1.29, 1.82) is 0 Å². The molecular weight excluding hydrogens is 396 g/mol. The second kappa shape index (κ2) is 9.06. The second-order valence-electron chi connectivity index (χ2n) is 7.09. The van der Waals surface area contributed by atoms with Gasteiger partial charge in [0.25, 0.3) is 0 Å². The molecule has 2 heterocycles. The van der Waals surface area contributed by atoms with Crippen LogP contribution in [0.15, 0.2) is 108 Å². The molecule has 0 atom stereocenters. The van der Waals surface area contributed by atoms with Crippen LogP contribution in [-0.4, -0.2) is 22.4 Å². The van der Waals surface area contributed by atoms with Crippen molar-refractivity contribution in [1.82, 2.24) is 9.97 Å². The maximum atomic E-state index is 4.45. The standard InChI is InChI=1S/C26H20N6/c1-2-10-20-19(9-1)23(17-29-31-25-13-5-7-15-27-25)21-11-3-4-12-22(21)24(20)18-30-32-26-14-6-8-16-28-26/h1-18H,(H,27,31)(H,28,32)/b29-17+,30-18+. The highest BCUT2D eigenvalue weighted by Crippen LogP contribution is 2.31. The van der Waals surface area contributed by atoms with Gasteiger partial charge in [0.2, 0.25) is 0 Å². The Morgan fingerprint density at radius 2 is 0.875 bits per heavy atom. The van der Waals surface area contributed by atoms with Gasteiger partial charge in [0.05, 0.1) is 12.4 Å². The lowest BCUT2D eigenvalue weighted by molar-refractivity contribution is 1.23. The lowest BCUT2D eigenvalue weighted by Crippen LogP contribution is -1.98. The summed E-state index contributed by atoms with van der Waals surface area (Å²) in [5.74, 6) is 1.39. The molecule has 3 aromatic carbocycles. The Balaban J connectivity index is 1.59. The molecule has 0 bridgehead atoms. The van der Waals surface area contributed by atoms with E-state index in [4.69, 9.17) is 0 Å². The zero-order chi connectivity index (χ0) is 21.6. The normalized spacial score (nSPS) is 11.5. The minimum atomic E-state index is 0.696. The molecule has 6 nitrogen and oxygen atoms in total. The number of hydrazone groups is 2. The molecule has 0 fully saturated rings. The Hall–Kier alpha value is -4.58. The summed E-state index contributed by atoms with van der Waals surface area (Å²) in [6, 6.07) is 27.9.